The van der Waals surface area contributed by atoms with Crippen molar-refractivity contribution in [3.8, 4) is 11.5 Å². The summed E-state index contributed by atoms with van der Waals surface area (Å²) in [5.41, 5.74) is 1.18. The number of nitrogens with one attached hydrogen (secondary N) is 2. The van der Waals surface area contributed by atoms with Gasteiger partial charge in [0.15, 0.2) is 11.5 Å². The average molecular weight is 376 g/mol. The summed E-state index contributed by atoms with van der Waals surface area (Å²) in [7, 11) is 0. The van der Waals surface area contributed by atoms with Crippen LogP contribution in [0.2, 0.25) is 0 Å². The predicted octanol–water partition coefficient (Wildman–Crippen LogP) is 1.16. The number of carbonyl (C=O) groups excluding carboxylic acids is 2. The van der Waals surface area contributed by atoms with Crippen molar-refractivity contribution < 1.29 is 19.1 Å². The molecular weight excluding hydrogens is 348 g/mol. The molecule has 1 aromatic carbocycles. The molecule has 0 radical (unpaired) electrons. The standard InChI is InChI=1S/C19H28N4O4/c1-13(2)20-19(25)21-18(24)14(3)23-8-6-22(7-9-23)11-15-4-5-16-17(10-15)27-12-26-16/h4-5,10,13-14H,6-9,11-12H2,1-3H3,(H2,20,21,24,25)/t14-/m1/s1. The van der Waals surface area contributed by atoms with Gasteiger partial charge in [0, 0.05) is 38.8 Å². The van der Waals surface area contributed by atoms with Gasteiger partial charge in [-0.3, -0.25) is 19.9 Å². The SMILES string of the molecule is CC(C)NC(=O)NC(=O)[C@@H](C)N1CCN(Cc2ccc3c(c2)OCO3)CC1. The lowest BCUT2D eigenvalue weighted by molar-refractivity contribution is -0.125. The maximum absolute atomic E-state index is 12.3. The normalized spacial score (nSPS) is 18.4. The number of nitrogens with zero attached hydrogens (tertiary/aromatic N) is 2. The maximum Gasteiger partial charge on any atom is 0.321 e. The number of benzene rings is 1. The van der Waals surface area contributed by atoms with Crippen LogP contribution in [0.25, 0.3) is 0 Å². The molecule has 0 bridgehead atoms. The molecule has 3 amide bonds. The largest absolute Gasteiger partial charge is 0.454 e. The molecule has 1 atom stereocenters. The zero-order chi connectivity index (χ0) is 19.4. The van der Waals surface area contributed by atoms with Gasteiger partial charge in [-0.05, 0) is 38.5 Å². The number of ether oxygens (including phenoxy) is 2. The summed E-state index contributed by atoms with van der Waals surface area (Å²) in [6.45, 7) is 9.96. The number of amides is 3. The molecule has 1 fully saturated rings. The number of fused-ring (bicyclic) bond motifs is 1. The van der Waals surface area contributed by atoms with Gasteiger partial charge in [-0.25, -0.2) is 4.79 Å². The van der Waals surface area contributed by atoms with E-state index in [-0.39, 0.29) is 24.8 Å². The molecule has 0 spiro atoms. The lowest BCUT2D eigenvalue weighted by Crippen LogP contribution is -2.55. The number of hydrogen-bond acceptors (Lipinski definition) is 6. The molecule has 1 saturated heterocycles. The summed E-state index contributed by atoms with van der Waals surface area (Å²) in [6, 6.07) is 5.25. The van der Waals surface area contributed by atoms with Crippen LogP contribution < -0.4 is 20.1 Å². The van der Waals surface area contributed by atoms with Crippen LogP contribution in [0.4, 0.5) is 4.79 Å². The highest BCUT2D eigenvalue weighted by Gasteiger charge is 2.27. The van der Waals surface area contributed by atoms with Crippen LogP contribution in [0.15, 0.2) is 18.2 Å². The lowest BCUT2D eigenvalue weighted by atomic mass is 10.1. The van der Waals surface area contributed by atoms with E-state index in [1.807, 2.05) is 32.9 Å². The molecule has 0 aromatic heterocycles. The summed E-state index contributed by atoms with van der Waals surface area (Å²) in [6.07, 6.45) is 0. The van der Waals surface area contributed by atoms with Gasteiger partial charge in [0.25, 0.3) is 0 Å². The Kier molecular flexibility index (Phi) is 6.18. The Balaban J connectivity index is 1.45. The van der Waals surface area contributed by atoms with Gasteiger partial charge in [-0.2, -0.15) is 0 Å². The minimum atomic E-state index is -0.441. The van der Waals surface area contributed by atoms with Crippen LogP contribution in [-0.4, -0.2) is 66.8 Å². The molecule has 8 heteroatoms. The number of hydrogen-bond donors (Lipinski definition) is 2. The zero-order valence-electron chi connectivity index (χ0n) is 16.2. The van der Waals surface area contributed by atoms with Crippen molar-refractivity contribution in [1.82, 2.24) is 20.4 Å². The fourth-order valence-corrected chi connectivity index (χ4v) is 3.29. The molecule has 1 aromatic rings. The van der Waals surface area contributed by atoms with Crippen LogP contribution in [0.1, 0.15) is 26.3 Å². The van der Waals surface area contributed by atoms with Crippen molar-refractivity contribution in [3.05, 3.63) is 23.8 Å². The molecule has 0 unspecified atom stereocenters. The van der Waals surface area contributed by atoms with E-state index in [9.17, 15) is 9.59 Å². The third-order valence-electron chi connectivity index (χ3n) is 4.83. The van der Waals surface area contributed by atoms with Crippen LogP contribution in [0.5, 0.6) is 11.5 Å². The highest BCUT2D eigenvalue weighted by molar-refractivity contribution is 5.96. The van der Waals surface area contributed by atoms with Gasteiger partial charge in [-0.15, -0.1) is 0 Å². The van der Waals surface area contributed by atoms with Gasteiger partial charge < -0.3 is 14.8 Å². The second-order valence-corrected chi connectivity index (χ2v) is 7.29. The monoisotopic (exact) mass is 376 g/mol. The quantitative estimate of drug-likeness (QED) is 0.802. The molecule has 2 heterocycles. The average Bonchev–Trinajstić information content (AvgIpc) is 3.08. The van der Waals surface area contributed by atoms with Crippen molar-refractivity contribution in [2.75, 3.05) is 33.0 Å². The number of urea groups is 1. The number of imide groups is 1. The smallest absolute Gasteiger partial charge is 0.321 e. The van der Waals surface area contributed by atoms with E-state index in [1.165, 1.54) is 5.56 Å². The van der Waals surface area contributed by atoms with Crippen molar-refractivity contribution in [2.45, 2.75) is 39.4 Å². The zero-order valence-corrected chi connectivity index (χ0v) is 16.2. The van der Waals surface area contributed by atoms with Crippen LogP contribution in [0, 0.1) is 0 Å². The summed E-state index contributed by atoms with van der Waals surface area (Å²) in [5.74, 6) is 1.33. The van der Waals surface area contributed by atoms with Gasteiger partial charge in [0.2, 0.25) is 12.7 Å². The first-order chi connectivity index (χ1) is 12.9. The van der Waals surface area contributed by atoms with Crippen molar-refractivity contribution in [2.24, 2.45) is 0 Å². The van der Waals surface area contributed by atoms with E-state index >= 15 is 0 Å². The summed E-state index contributed by atoms with van der Waals surface area (Å²) in [5, 5.41) is 5.08. The van der Waals surface area contributed by atoms with Gasteiger partial charge in [-0.1, -0.05) is 6.07 Å². The highest BCUT2D eigenvalue weighted by Crippen LogP contribution is 2.32. The molecule has 8 nitrogen and oxygen atoms in total. The van der Waals surface area contributed by atoms with Gasteiger partial charge in [0.05, 0.1) is 6.04 Å². The molecule has 27 heavy (non-hydrogen) atoms. The first kappa shape index (κ1) is 19.4. The van der Waals surface area contributed by atoms with Gasteiger partial charge >= 0.3 is 6.03 Å². The second kappa shape index (κ2) is 8.58. The van der Waals surface area contributed by atoms with E-state index in [2.05, 4.69) is 26.5 Å². The van der Waals surface area contributed by atoms with E-state index in [4.69, 9.17) is 9.47 Å². The highest BCUT2D eigenvalue weighted by atomic mass is 16.7. The fourth-order valence-electron chi connectivity index (χ4n) is 3.29. The molecule has 2 aliphatic rings. The fraction of sp³-hybridized carbons (Fsp3) is 0.579. The second-order valence-electron chi connectivity index (χ2n) is 7.29. The van der Waals surface area contributed by atoms with E-state index in [0.717, 1.165) is 44.2 Å². The number of piperazine rings is 1. The molecule has 148 valence electrons. The Morgan fingerprint density at radius 1 is 1.07 bits per heavy atom. The van der Waals surface area contributed by atoms with E-state index in [1.54, 1.807) is 0 Å². The van der Waals surface area contributed by atoms with Crippen LogP contribution in [-0.2, 0) is 11.3 Å². The summed E-state index contributed by atoms with van der Waals surface area (Å²) < 4.78 is 10.8. The van der Waals surface area contributed by atoms with Crippen molar-refractivity contribution in [1.29, 1.82) is 0 Å². The molecule has 0 saturated carbocycles. The van der Waals surface area contributed by atoms with Gasteiger partial charge in [0.1, 0.15) is 0 Å². The third kappa shape index (κ3) is 5.11. The number of carbonyl (C=O) groups is 2. The Labute approximate surface area is 159 Å². The third-order valence-corrected chi connectivity index (χ3v) is 4.83. The van der Waals surface area contributed by atoms with E-state index in [0.29, 0.717) is 0 Å². The molecule has 3 rings (SSSR count). The van der Waals surface area contributed by atoms with E-state index < -0.39 is 6.03 Å². The predicted molar refractivity (Wildman–Crippen MR) is 101 cm³/mol. The topological polar surface area (TPSA) is 83.1 Å². The Bertz CT molecular complexity index is 686. The van der Waals surface area contributed by atoms with Crippen LogP contribution >= 0.6 is 0 Å². The molecular formula is C19H28N4O4. The van der Waals surface area contributed by atoms with Crippen LogP contribution in [0.3, 0.4) is 0 Å². The molecule has 2 N–H and O–H groups in total. The molecule has 2 aliphatic heterocycles. The Hall–Kier alpha value is -2.32. The first-order valence-electron chi connectivity index (χ1n) is 9.38. The minimum absolute atomic E-state index is 0.00664. The number of rotatable bonds is 5. The first-order valence-corrected chi connectivity index (χ1v) is 9.38. The molecule has 0 aliphatic carbocycles. The summed E-state index contributed by atoms with van der Waals surface area (Å²) >= 11 is 0. The summed E-state index contributed by atoms with van der Waals surface area (Å²) in [4.78, 5) is 28.4. The Morgan fingerprint density at radius 3 is 2.48 bits per heavy atom. The lowest BCUT2D eigenvalue weighted by Gasteiger charge is -2.37. The van der Waals surface area contributed by atoms with Crippen molar-refractivity contribution >= 4 is 11.9 Å². The Morgan fingerprint density at radius 2 is 1.78 bits per heavy atom. The minimum Gasteiger partial charge on any atom is -0.454 e. The maximum atomic E-state index is 12.3. The van der Waals surface area contributed by atoms with Crippen molar-refractivity contribution in [3.63, 3.8) is 0 Å².